The van der Waals surface area contributed by atoms with E-state index in [9.17, 15) is 28.8 Å². The number of rotatable bonds is 17. The van der Waals surface area contributed by atoms with E-state index in [0.717, 1.165) is 0 Å². The molecular formula is C23H36N2O7S2. The maximum atomic E-state index is 13.2. The molecule has 1 N–H and O–H groups in total. The third-order valence-corrected chi connectivity index (χ3v) is 6.76. The van der Waals surface area contributed by atoms with Crippen LogP contribution in [0.5, 0.6) is 0 Å². The summed E-state index contributed by atoms with van der Waals surface area (Å²) in [6, 6.07) is -0.810. The summed E-state index contributed by atoms with van der Waals surface area (Å²) in [6.07, 6.45) is 5.59. The Kier molecular flexibility index (Phi) is 14.1. The van der Waals surface area contributed by atoms with Gasteiger partial charge in [0.1, 0.15) is 6.29 Å². The predicted octanol–water partition coefficient (Wildman–Crippen LogP) is 2.41. The first-order valence-electron chi connectivity index (χ1n) is 11.5. The van der Waals surface area contributed by atoms with Gasteiger partial charge >= 0.3 is 5.97 Å². The Labute approximate surface area is 209 Å². The molecule has 1 fully saturated rings. The number of nitrogens with zero attached hydrogens (tertiary/aromatic N) is 1. The number of thioether (sulfide) groups is 2. The van der Waals surface area contributed by atoms with Crippen molar-refractivity contribution < 1.29 is 33.6 Å². The van der Waals surface area contributed by atoms with Crippen LogP contribution >= 0.6 is 23.5 Å². The summed E-state index contributed by atoms with van der Waals surface area (Å²) in [5.74, 6) is -2.62. The molecule has 0 unspecified atom stereocenters. The van der Waals surface area contributed by atoms with Crippen LogP contribution in [0.2, 0.25) is 0 Å². The summed E-state index contributed by atoms with van der Waals surface area (Å²) < 4.78 is 0. The zero-order chi connectivity index (χ0) is 25.7. The second-order valence-corrected chi connectivity index (χ2v) is 10.7. The Morgan fingerprint density at radius 2 is 1.59 bits per heavy atom. The highest BCUT2D eigenvalue weighted by molar-refractivity contribution is 7.98. The number of carbonyl (C=O) groups excluding carboxylic acids is 6. The number of hydroxylamine groups is 2. The lowest BCUT2D eigenvalue weighted by Gasteiger charge is -2.24. The van der Waals surface area contributed by atoms with Crippen molar-refractivity contribution in [2.24, 2.45) is 17.8 Å². The van der Waals surface area contributed by atoms with Gasteiger partial charge in [0.05, 0.1) is 12.0 Å². The lowest BCUT2D eigenvalue weighted by molar-refractivity contribution is -0.200. The lowest BCUT2D eigenvalue weighted by atomic mass is 9.91. The van der Waals surface area contributed by atoms with Gasteiger partial charge in [0.2, 0.25) is 5.91 Å². The van der Waals surface area contributed by atoms with Gasteiger partial charge in [0, 0.05) is 31.6 Å². The van der Waals surface area contributed by atoms with Gasteiger partial charge in [-0.2, -0.15) is 23.5 Å². The third-order valence-electron chi connectivity index (χ3n) is 5.47. The molecule has 1 rings (SSSR count). The van der Waals surface area contributed by atoms with Crippen LogP contribution in [0, 0.1) is 17.8 Å². The van der Waals surface area contributed by atoms with Crippen LogP contribution in [0.25, 0.3) is 0 Å². The van der Waals surface area contributed by atoms with E-state index in [-0.39, 0.29) is 43.3 Å². The van der Waals surface area contributed by atoms with Crippen LogP contribution in [0.15, 0.2) is 0 Å². The summed E-state index contributed by atoms with van der Waals surface area (Å²) >= 11 is 3.07. The van der Waals surface area contributed by atoms with Crippen molar-refractivity contribution in [1.82, 2.24) is 10.4 Å². The zero-order valence-corrected chi connectivity index (χ0v) is 22.0. The van der Waals surface area contributed by atoms with E-state index in [2.05, 4.69) is 5.32 Å². The van der Waals surface area contributed by atoms with Crippen molar-refractivity contribution in [3.63, 3.8) is 0 Å². The average Bonchev–Trinajstić information content (AvgIpc) is 3.10. The largest absolute Gasteiger partial charge is 0.346 e. The highest BCUT2D eigenvalue weighted by Gasteiger charge is 2.36. The number of carbonyl (C=O) groups is 6. The second-order valence-electron chi connectivity index (χ2n) is 8.71. The van der Waals surface area contributed by atoms with E-state index in [1.165, 1.54) is 11.8 Å². The zero-order valence-electron chi connectivity index (χ0n) is 20.4. The van der Waals surface area contributed by atoms with E-state index in [1.807, 2.05) is 26.4 Å². The SMILES string of the molecule is CSCC[C@H](CC=O)C(=O)N[C@@H](CC(C)C)C(=O)C[C@@H](CCSC)C(=O)ON1C(=O)CCC1=O. The molecule has 1 aliphatic heterocycles. The van der Waals surface area contributed by atoms with Gasteiger partial charge in [-0.15, -0.1) is 5.06 Å². The molecule has 3 atom stereocenters. The Bertz CT molecular complexity index is 729. The van der Waals surface area contributed by atoms with E-state index >= 15 is 0 Å². The molecule has 9 nitrogen and oxygen atoms in total. The molecule has 34 heavy (non-hydrogen) atoms. The first-order chi connectivity index (χ1) is 16.1. The van der Waals surface area contributed by atoms with Crippen molar-refractivity contribution in [2.45, 2.75) is 64.8 Å². The molecule has 0 spiro atoms. The molecule has 0 saturated carbocycles. The van der Waals surface area contributed by atoms with Crippen LogP contribution in [0.1, 0.15) is 58.8 Å². The Hall–Kier alpha value is -1.88. The van der Waals surface area contributed by atoms with Crippen LogP contribution in [-0.2, 0) is 33.6 Å². The highest BCUT2D eigenvalue weighted by Crippen LogP contribution is 2.21. The smallest absolute Gasteiger partial charge is 0.336 e. The molecule has 1 heterocycles. The average molecular weight is 517 g/mol. The van der Waals surface area contributed by atoms with E-state index in [0.29, 0.717) is 42.1 Å². The maximum absolute atomic E-state index is 13.2. The third kappa shape index (κ3) is 10.2. The normalized spacial score (nSPS) is 16.3. The standard InChI is InChI=1S/C23H36N2O7S2/c1-15(2)13-18(24-22(30)16(7-10-26)8-11-33-3)19(27)14-17(9-12-34-4)23(31)32-25-20(28)5-6-21(25)29/h10,15-18H,5-9,11-14H2,1-4H3,(H,24,30)/t16-,17+,18-/m0/s1. The number of hydrogen-bond donors (Lipinski definition) is 1. The summed E-state index contributed by atoms with van der Waals surface area (Å²) in [4.78, 5) is 78.5. The number of aldehydes is 1. The van der Waals surface area contributed by atoms with Gasteiger partial charge in [0.15, 0.2) is 5.78 Å². The van der Waals surface area contributed by atoms with E-state index in [4.69, 9.17) is 4.84 Å². The van der Waals surface area contributed by atoms with Gasteiger partial charge in [-0.1, -0.05) is 13.8 Å². The van der Waals surface area contributed by atoms with Crippen LogP contribution < -0.4 is 5.32 Å². The van der Waals surface area contributed by atoms with E-state index < -0.39 is 35.7 Å². The molecular weight excluding hydrogens is 480 g/mol. The quantitative estimate of drug-likeness (QED) is 0.229. The van der Waals surface area contributed by atoms with Crippen molar-refractivity contribution >= 4 is 59.3 Å². The fraction of sp³-hybridized carbons (Fsp3) is 0.739. The summed E-state index contributed by atoms with van der Waals surface area (Å²) in [5, 5.41) is 3.29. The summed E-state index contributed by atoms with van der Waals surface area (Å²) in [5.41, 5.74) is 0. The van der Waals surface area contributed by atoms with Gasteiger partial charge in [-0.25, -0.2) is 4.79 Å². The van der Waals surface area contributed by atoms with Crippen molar-refractivity contribution in [2.75, 3.05) is 24.0 Å². The molecule has 0 aliphatic carbocycles. The topological polar surface area (TPSA) is 127 Å². The molecule has 192 valence electrons. The number of Topliss-reactive ketones (excluding diaryl/α,β-unsaturated/α-hetero) is 1. The highest BCUT2D eigenvalue weighted by atomic mass is 32.2. The van der Waals surface area contributed by atoms with Gasteiger partial charge in [-0.05, 0) is 49.2 Å². The minimum atomic E-state index is -0.852. The number of ketones is 1. The molecule has 0 bridgehead atoms. The van der Waals surface area contributed by atoms with Crippen LogP contribution in [0.3, 0.4) is 0 Å². The molecule has 1 aliphatic rings. The molecule has 0 aromatic carbocycles. The van der Waals surface area contributed by atoms with Gasteiger partial charge in [-0.3, -0.25) is 19.2 Å². The Balaban J connectivity index is 2.94. The lowest BCUT2D eigenvalue weighted by Crippen LogP contribution is -2.45. The summed E-state index contributed by atoms with van der Waals surface area (Å²) in [7, 11) is 0. The number of nitrogens with one attached hydrogen (secondary N) is 1. The van der Waals surface area contributed by atoms with Crippen molar-refractivity contribution in [3.05, 3.63) is 0 Å². The first-order valence-corrected chi connectivity index (χ1v) is 14.2. The molecule has 11 heteroatoms. The van der Waals surface area contributed by atoms with Gasteiger partial charge in [0.25, 0.3) is 11.8 Å². The predicted molar refractivity (Wildman–Crippen MR) is 132 cm³/mol. The van der Waals surface area contributed by atoms with E-state index in [1.54, 1.807) is 11.8 Å². The van der Waals surface area contributed by atoms with Gasteiger partial charge < -0.3 is 14.9 Å². The number of amides is 3. The molecule has 1 saturated heterocycles. The summed E-state index contributed by atoms with van der Waals surface area (Å²) in [6.45, 7) is 3.85. The fourth-order valence-corrected chi connectivity index (χ4v) is 4.58. The second kappa shape index (κ2) is 15.9. The maximum Gasteiger partial charge on any atom is 0.336 e. The fourth-order valence-electron chi connectivity index (χ4n) is 3.53. The minimum absolute atomic E-state index is 0.0124. The molecule has 3 amide bonds. The molecule has 0 aromatic heterocycles. The first kappa shape index (κ1) is 30.2. The van der Waals surface area contributed by atoms with Crippen LogP contribution in [0.4, 0.5) is 0 Å². The Morgan fingerprint density at radius 1 is 1.03 bits per heavy atom. The number of imide groups is 1. The Morgan fingerprint density at radius 3 is 2.09 bits per heavy atom. The van der Waals surface area contributed by atoms with Crippen LogP contribution in [-0.4, -0.2) is 70.9 Å². The van der Waals surface area contributed by atoms with Crippen molar-refractivity contribution in [1.29, 1.82) is 0 Å². The van der Waals surface area contributed by atoms with Crippen molar-refractivity contribution in [3.8, 4) is 0 Å². The monoisotopic (exact) mass is 516 g/mol. The molecule has 0 radical (unpaired) electrons. The minimum Gasteiger partial charge on any atom is -0.346 e. The number of hydrogen-bond acceptors (Lipinski definition) is 9. The molecule has 0 aromatic rings.